The van der Waals surface area contributed by atoms with E-state index in [1.165, 1.54) is 25.3 Å². The topological polar surface area (TPSA) is 32.3 Å². The van der Waals surface area contributed by atoms with E-state index in [1.54, 1.807) is 12.1 Å². The van der Waals surface area contributed by atoms with E-state index < -0.39 is 0 Å². The molecular weight excluding hydrogens is 253 g/mol. The van der Waals surface area contributed by atoms with Crippen molar-refractivity contribution >= 4 is 5.69 Å². The monoisotopic (exact) mass is 279 g/mol. The summed E-state index contributed by atoms with van der Waals surface area (Å²) < 4.78 is 13.8. The molecule has 112 valence electrons. The highest BCUT2D eigenvalue weighted by atomic mass is 19.1. The zero-order valence-electron chi connectivity index (χ0n) is 12.4. The van der Waals surface area contributed by atoms with Crippen LogP contribution in [0, 0.1) is 11.7 Å². The van der Waals surface area contributed by atoms with E-state index in [2.05, 4.69) is 12.2 Å². The Balaban J connectivity index is 2.08. The van der Waals surface area contributed by atoms with Crippen molar-refractivity contribution in [2.24, 2.45) is 5.92 Å². The van der Waals surface area contributed by atoms with Gasteiger partial charge in [-0.15, -0.1) is 0 Å². The van der Waals surface area contributed by atoms with E-state index >= 15 is 0 Å². The number of nitrogens with one attached hydrogen (secondary N) is 1. The number of aliphatic hydroxyl groups excluding tert-OH is 1. The molecule has 2 nitrogen and oxygen atoms in total. The average molecular weight is 279 g/mol. The van der Waals surface area contributed by atoms with Crippen LogP contribution in [0.15, 0.2) is 24.3 Å². The first kappa shape index (κ1) is 15.3. The first-order chi connectivity index (χ1) is 9.69. The molecule has 1 aliphatic rings. The Morgan fingerprint density at radius 2 is 2.10 bits per heavy atom. The third kappa shape index (κ3) is 3.72. The van der Waals surface area contributed by atoms with Gasteiger partial charge in [0.1, 0.15) is 5.82 Å². The van der Waals surface area contributed by atoms with Crippen molar-refractivity contribution < 1.29 is 9.50 Å². The molecule has 0 amide bonds. The zero-order valence-corrected chi connectivity index (χ0v) is 12.4. The van der Waals surface area contributed by atoms with E-state index in [1.807, 2.05) is 6.07 Å². The first-order valence-electron chi connectivity index (χ1n) is 7.83. The Morgan fingerprint density at radius 3 is 2.80 bits per heavy atom. The van der Waals surface area contributed by atoms with Crippen LogP contribution in [0.2, 0.25) is 0 Å². The maximum Gasteiger partial charge on any atom is 0.146 e. The second-order valence-electron chi connectivity index (χ2n) is 6.13. The summed E-state index contributed by atoms with van der Waals surface area (Å²) in [6.45, 7) is 2.29. The maximum atomic E-state index is 13.8. The van der Waals surface area contributed by atoms with Gasteiger partial charge in [-0.25, -0.2) is 4.39 Å². The van der Waals surface area contributed by atoms with Crippen molar-refractivity contribution in [3.63, 3.8) is 0 Å². The molecule has 2 atom stereocenters. The molecule has 3 heteroatoms. The van der Waals surface area contributed by atoms with Crippen LogP contribution >= 0.6 is 0 Å². The lowest BCUT2D eigenvalue weighted by atomic mass is 9.89. The Kier molecular flexibility index (Phi) is 5.41. The first-order valence-corrected chi connectivity index (χ1v) is 7.83. The van der Waals surface area contributed by atoms with Crippen molar-refractivity contribution in [1.82, 2.24) is 0 Å². The molecule has 20 heavy (non-hydrogen) atoms. The summed E-state index contributed by atoms with van der Waals surface area (Å²) in [5.74, 6) is 0.519. The average Bonchev–Trinajstić information content (AvgIpc) is 2.66. The fraction of sp³-hybridized carbons (Fsp3) is 0.647. The Hall–Kier alpha value is -1.09. The molecule has 0 radical (unpaired) electrons. The molecule has 0 heterocycles. The quantitative estimate of drug-likeness (QED) is 0.785. The number of rotatable bonds is 5. The zero-order chi connectivity index (χ0) is 14.4. The van der Waals surface area contributed by atoms with Gasteiger partial charge in [0.2, 0.25) is 0 Å². The lowest BCUT2D eigenvalue weighted by molar-refractivity contribution is 0.194. The van der Waals surface area contributed by atoms with Crippen LogP contribution in [0.5, 0.6) is 0 Å². The van der Waals surface area contributed by atoms with E-state index in [-0.39, 0.29) is 18.0 Å². The smallest absolute Gasteiger partial charge is 0.146 e. The molecule has 1 saturated carbocycles. The van der Waals surface area contributed by atoms with Gasteiger partial charge in [0.05, 0.1) is 17.8 Å². The normalized spacial score (nSPS) is 27.1. The van der Waals surface area contributed by atoms with E-state index in [4.69, 9.17) is 0 Å². The molecule has 2 rings (SSSR count). The molecule has 0 aliphatic heterocycles. The summed E-state index contributed by atoms with van der Waals surface area (Å²) in [6.07, 6.45) is 7.77. The second kappa shape index (κ2) is 7.07. The van der Waals surface area contributed by atoms with Crippen molar-refractivity contribution in [2.75, 3.05) is 11.9 Å². The van der Waals surface area contributed by atoms with Gasteiger partial charge in [0.25, 0.3) is 0 Å². The summed E-state index contributed by atoms with van der Waals surface area (Å²) in [5, 5.41) is 13.1. The van der Waals surface area contributed by atoms with E-state index in [0.717, 1.165) is 31.6 Å². The fourth-order valence-corrected chi connectivity index (χ4v) is 3.35. The standard InChI is InChI=1S/C17H26FNO/c1-2-6-14-7-5-11-17(13-20,12-10-14)19-16-9-4-3-8-15(16)18/h3-4,8-9,14,19-20H,2,5-7,10-13H2,1H3. The van der Waals surface area contributed by atoms with Crippen LogP contribution < -0.4 is 5.32 Å². The third-order valence-electron chi connectivity index (χ3n) is 4.57. The molecule has 0 aromatic heterocycles. The number of para-hydroxylation sites is 1. The summed E-state index contributed by atoms with van der Waals surface area (Å²) in [4.78, 5) is 0. The molecular formula is C17H26FNO. The molecule has 2 unspecified atom stereocenters. The van der Waals surface area contributed by atoms with Gasteiger partial charge >= 0.3 is 0 Å². The van der Waals surface area contributed by atoms with Crippen LogP contribution in [0.3, 0.4) is 0 Å². The van der Waals surface area contributed by atoms with Crippen molar-refractivity contribution in [1.29, 1.82) is 0 Å². The molecule has 0 saturated heterocycles. The lowest BCUT2D eigenvalue weighted by Crippen LogP contribution is -2.42. The van der Waals surface area contributed by atoms with Gasteiger partial charge in [-0.05, 0) is 37.3 Å². The molecule has 1 aromatic rings. The van der Waals surface area contributed by atoms with Crippen molar-refractivity contribution in [3.8, 4) is 0 Å². The SMILES string of the molecule is CCCC1CCCC(CO)(Nc2ccccc2F)CC1. The number of benzene rings is 1. The predicted molar refractivity (Wildman–Crippen MR) is 81.3 cm³/mol. The summed E-state index contributed by atoms with van der Waals surface area (Å²) in [7, 11) is 0. The molecule has 2 N–H and O–H groups in total. The highest BCUT2D eigenvalue weighted by Gasteiger charge is 2.32. The Labute approximate surface area is 121 Å². The minimum Gasteiger partial charge on any atom is -0.394 e. The third-order valence-corrected chi connectivity index (χ3v) is 4.57. The molecule has 1 fully saturated rings. The summed E-state index contributed by atoms with van der Waals surface area (Å²) >= 11 is 0. The summed E-state index contributed by atoms with van der Waals surface area (Å²) in [6, 6.07) is 6.73. The van der Waals surface area contributed by atoms with Crippen molar-refractivity contribution in [3.05, 3.63) is 30.1 Å². The van der Waals surface area contributed by atoms with Crippen LogP contribution in [0.25, 0.3) is 0 Å². The summed E-state index contributed by atoms with van der Waals surface area (Å²) in [5.41, 5.74) is 0.153. The van der Waals surface area contributed by atoms with Crippen LogP contribution in [0.4, 0.5) is 10.1 Å². The number of hydrogen-bond donors (Lipinski definition) is 2. The highest BCUT2D eigenvalue weighted by Crippen LogP contribution is 2.35. The number of aliphatic hydroxyl groups is 1. The van der Waals surface area contributed by atoms with Gasteiger partial charge in [-0.3, -0.25) is 0 Å². The number of hydrogen-bond acceptors (Lipinski definition) is 2. The van der Waals surface area contributed by atoms with Crippen LogP contribution in [0.1, 0.15) is 51.9 Å². The molecule has 1 aliphatic carbocycles. The predicted octanol–water partition coefficient (Wildman–Crippen LogP) is 4.35. The van der Waals surface area contributed by atoms with Gasteiger partial charge < -0.3 is 10.4 Å². The minimum atomic E-state index is -0.356. The molecule has 0 bridgehead atoms. The second-order valence-corrected chi connectivity index (χ2v) is 6.13. The molecule has 0 spiro atoms. The number of anilines is 1. The largest absolute Gasteiger partial charge is 0.394 e. The Morgan fingerprint density at radius 1 is 1.30 bits per heavy atom. The highest BCUT2D eigenvalue weighted by molar-refractivity contribution is 5.47. The van der Waals surface area contributed by atoms with Crippen LogP contribution in [-0.2, 0) is 0 Å². The maximum absolute atomic E-state index is 13.8. The Bertz CT molecular complexity index is 423. The van der Waals surface area contributed by atoms with Crippen LogP contribution in [-0.4, -0.2) is 17.3 Å². The fourth-order valence-electron chi connectivity index (χ4n) is 3.35. The lowest BCUT2D eigenvalue weighted by Gasteiger charge is -2.33. The van der Waals surface area contributed by atoms with Gasteiger partial charge in [0.15, 0.2) is 0 Å². The van der Waals surface area contributed by atoms with Gasteiger partial charge in [-0.1, -0.05) is 44.7 Å². The minimum absolute atomic E-state index is 0.0696. The van der Waals surface area contributed by atoms with Crippen molar-refractivity contribution in [2.45, 2.75) is 57.4 Å². The van der Waals surface area contributed by atoms with E-state index in [9.17, 15) is 9.50 Å². The van der Waals surface area contributed by atoms with E-state index in [0.29, 0.717) is 5.69 Å². The van der Waals surface area contributed by atoms with Gasteiger partial charge in [0, 0.05) is 0 Å². The number of halogens is 1. The molecule has 1 aromatic carbocycles. The van der Waals surface area contributed by atoms with Gasteiger partial charge in [-0.2, -0.15) is 0 Å².